The Morgan fingerprint density at radius 3 is 2.40 bits per heavy atom. The zero-order valence-corrected chi connectivity index (χ0v) is 21.5. The van der Waals surface area contributed by atoms with Crippen LogP contribution in [0.3, 0.4) is 0 Å². The van der Waals surface area contributed by atoms with Crippen LogP contribution in [0.2, 0.25) is 5.02 Å². The highest BCUT2D eigenvalue weighted by Crippen LogP contribution is 2.34. The van der Waals surface area contributed by atoms with Crippen LogP contribution in [0.5, 0.6) is 5.75 Å². The Labute approximate surface area is 212 Å². The van der Waals surface area contributed by atoms with Crippen molar-refractivity contribution >= 4 is 17.8 Å². The molecule has 35 heavy (non-hydrogen) atoms. The maximum atomic E-state index is 10.7. The van der Waals surface area contributed by atoms with Gasteiger partial charge in [-0.1, -0.05) is 61.8 Å². The molecule has 192 valence electrons. The molecule has 0 bridgehead atoms. The van der Waals surface area contributed by atoms with Crippen LogP contribution in [0.1, 0.15) is 56.9 Å². The van der Waals surface area contributed by atoms with Crippen LogP contribution in [0.4, 0.5) is 0 Å². The second-order valence-corrected chi connectivity index (χ2v) is 10.4. The summed E-state index contributed by atoms with van der Waals surface area (Å²) in [5.41, 5.74) is 2.64. The third-order valence-electron chi connectivity index (χ3n) is 5.90. The van der Waals surface area contributed by atoms with Crippen molar-refractivity contribution in [3.05, 3.63) is 64.2 Å². The summed E-state index contributed by atoms with van der Waals surface area (Å²) in [7, 11) is 0. The van der Waals surface area contributed by atoms with Gasteiger partial charge in [0.25, 0.3) is 0 Å². The molecule has 1 heterocycles. The monoisotopic (exact) mass is 505 g/mol. The van der Waals surface area contributed by atoms with Gasteiger partial charge in [-0.3, -0.25) is 0 Å². The van der Waals surface area contributed by atoms with Crippen molar-refractivity contribution in [3.8, 4) is 5.75 Å². The molecule has 0 aromatic heterocycles. The summed E-state index contributed by atoms with van der Waals surface area (Å²) in [6.45, 7) is 9.27. The molecule has 3 N–H and O–H groups in total. The van der Waals surface area contributed by atoms with Crippen LogP contribution in [0, 0.1) is 5.41 Å². The number of halogens is 1. The summed E-state index contributed by atoms with van der Waals surface area (Å²) < 4.78 is 11.4. The lowest BCUT2D eigenvalue weighted by Crippen LogP contribution is -2.54. The van der Waals surface area contributed by atoms with Gasteiger partial charge in [-0.25, -0.2) is 0 Å². The summed E-state index contributed by atoms with van der Waals surface area (Å²) in [5.74, 6) is 0.803. The number of benzene rings is 2. The molecule has 0 amide bonds. The predicted octanol–water partition coefficient (Wildman–Crippen LogP) is 4.29. The lowest BCUT2D eigenvalue weighted by Gasteiger charge is -2.39. The Morgan fingerprint density at radius 2 is 1.74 bits per heavy atom. The highest BCUT2D eigenvalue weighted by atomic mass is 35.5. The van der Waals surface area contributed by atoms with E-state index in [0.717, 1.165) is 23.3 Å². The Bertz CT molecular complexity index is 975. The Hall–Kier alpha value is -2.16. The van der Waals surface area contributed by atoms with Gasteiger partial charge in [0.05, 0.1) is 12.8 Å². The maximum Gasteiger partial charge on any atom is 0.125 e. The number of aliphatic hydroxyl groups excluding tert-OH is 3. The molecule has 1 fully saturated rings. The summed E-state index contributed by atoms with van der Waals surface area (Å²) in [4.78, 5) is 5.30. The predicted molar refractivity (Wildman–Crippen MR) is 136 cm³/mol. The minimum atomic E-state index is -1.41. The van der Waals surface area contributed by atoms with E-state index in [-0.39, 0.29) is 5.41 Å². The van der Waals surface area contributed by atoms with E-state index in [1.807, 2.05) is 37.3 Å². The number of hydrogen-bond donors (Lipinski definition) is 3. The maximum absolute atomic E-state index is 10.7. The summed E-state index contributed by atoms with van der Waals surface area (Å²) in [5, 5.41) is 36.0. The molecule has 1 aliphatic heterocycles. The van der Waals surface area contributed by atoms with E-state index < -0.39 is 30.5 Å². The number of rotatable bonds is 9. The molecule has 0 aliphatic carbocycles. The van der Waals surface area contributed by atoms with Crippen molar-refractivity contribution in [2.24, 2.45) is 10.6 Å². The van der Waals surface area contributed by atoms with E-state index in [1.54, 1.807) is 12.1 Å². The first-order valence-electron chi connectivity index (χ1n) is 11.9. The lowest BCUT2D eigenvalue weighted by molar-refractivity contribution is -0.205. The van der Waals surface area contributed by atoms with Crippen LogP contribution >= 0.6 is 11.6 Å². The van der Waals surface area contributed by atoms with Gasteiger partial charge in [-0.2, -0.15) is 0 Å². The smallest absolute Gasteiger partial charge is 0.125 e. The zero-order chi connectivity index (χ0) is 25.6. The van der Waals surface area contributed by atoms with Gasteiger partial charge in [-0.15, -0.1) is 0 Å². The Balaban J connectivity index is 1.73. The van der Waals surface area contributed by atoms with E-state index in [1.165, 1.54) is 6.21 Å². The molecule has 1 saturated heterocycles. The minimum Gasteiger partial charge on any atom is -0.494 e. The van der Waals surface area contributed by atoms with Crippen LogP contribution in [0.15, 0.2) is 47.6 Å². The van der Waals surface area contributed by atoms with Gasteiger partial charge in [0.15, 0.2) is 0 Å². The third-order valence-corrected chi connectivity index (χ3v) is 6.27. The molecule has 2 aromatic carbocycles. The van der Waals surface area contributed by atoms with Gasteiger partial charge in [0, 0.05) is 5.02 Å². The fourth-order valence-electron chi connectivity index (χ4n) is 3.81. The number of nitrogens with zero attached hydrogens (tertiary/aromatic N) is 1. The first-order valence-corrected chi connectivity index (χ1v) is 12.3. The van der Waals surface area contributed by atoms with Gasteiger partial charge in [-0.05, 0) is 60.1 Å². The second kappa shape index (κ2) is 12.2. The van der Waals surface area contributed by atoms with Gasteiger partial charge < -0.3 is 29.6 Å². The van der Waals surface area contributed by atoms with Crippen LogP contribution in [-0.2, 0) is 16.0 Å². The van der Waals surface area contributed by atoms with E-state index in [2.05, 4.69) is 25.9 Å². The molecule has 7 nitrogen and oxygen atoms in total. The van der Waals surface area contributed by atoms with Gasteiger partial charge in [0.1, 0.15) is 42.9 Å². The number of oxime groups is 1. The summed E-state index contributed by atoms with van der Waals surface area (Å²) in [6.07, 6.45) is -3.20. The van der Waals surface area contributed by atoms with Crippen molar-refractivity contribution in [2.75, 3.05) is 13.2 Å². The quantitative estimate of drug-likeness (QED) is 0.267. The van der Waals surface area contributed by atoms with Gasteiger partial charge in [0.2, 0.25) is 0 Å². The molecule has 2 aromatic rings. The number of aliphatic hydroxyl groups is 3. The number of ether oxygens (including phenoxy) is 2. The lowest BCUT2D eigenvalue weighted by atomic mass is 9.90. The first kappa shape index (κ1) is 27.4. The normalized spacial score (nSPS) is 25.1. The molecular weight excluding hydrogens is 470 g/mol. The van der Waals surface area contributed by atoms with E-state index in [0.29, 0.717) is 30.2 Å². The van der Waals surface area contributed by atoms with Crippen molar-refractivity contribution < 1.29 is 29.6 Å². The summed E-state index contributed by atoms with van der Waals surface area (Å²) in [6, 6.07) is 13.1. The molecule has 5 atom stereocenters. The largest absolute Gasteiger partial charge is 0.494 e. The fourth-order valence-corrected chi connectivity index (χ4v) is 3.99. The van der Waals surface area contributed by atoms with Gasteiger partial charge >= 0.3 is 0 Å². The highest BCUT2D eigenvalue weighted by molar-refractivity contribution is 6.31. The molecule has 0 radical (unpaired) electrons. The van der Waals surface area contributed by atoms with Crippen molar-refractivity contribution in [2.45, 2.75) is 71.1 Å². The minimum absolute atomic E-state index is 0.111. The highest BCUT2D eigenvalue weighted by Gasteiger charge is 2.43. The third kappa shape index (κ3) is 7.66. The molecule has 0 unspecified atom stereocenters. The average Bonchev–Trinajstić information content (AvgIpc) is 2.81. The van der Waals surface area contributed by atoms with E-state index in [4.69, 9.17) is 25.9 Å². The van der Waals surface area contributed by atoms with Crippen LogP contribution in [-0.4, -0.2) is 59.2 Å². The molecule has 0 spiro atoms. The van der Waals surface area contributed by atoms with Crippen molar-refractivity contribution in [1.82, 2.24) is 0 Å². The van der Waals surface area contributed by atoms with Crippen LogP contribution in [0.25, 0.3) is 0 Å². The molecule has 1 aliphatic rings. The molecule has 3 rings (SSSR count). The Kier molecular flexibility index (Phi) is 9.55. The second-order valence-electron chi connectivity index (χ2n) is 10.00. The average molecular weight is 506 g/mol. The molecule has 0 saturated carbocycles. The Morgan fingerprint density at radius 1 is 1.03 bits per heavy atom. The topological polar surface area (TPSA) is 101 Å². The van der Waals surface area contributed by atoms with Crippen LogP contribution < -0.4 is 4.74 Å². The van der Waals surface area contributed by atoms with Crippen molar-refractivity contribution in [1.29, 1.82) is 0 Å². The molecule has 8 heteroatoms. The standard InChI is InChI=1S/C27H36ClNO6/c1-5-33-20-9-6-17(7-10-20)14-19-15-18(8-11-21(19)28)26-25(32)24(31)23(30)22(35-26)16-29-34-13-12-27(2,3)4/h6-11,15-16,22-26,30-32H,5,12-14H2,1-4H3/b29-16+/t22-,23-,24+,25-,26+/m1/s1. The van der Waals surface area contributed by atoms with Crippen molar-refractivity contribution in [3.63, 3.8) is 0 Å². The SMILES string of the molecule is CCOc1ccc(Cc2cc([C@@H]3O[C@H](/C=N/OCCC(C)(C)C)[C@@H](O)[C@H](O)[C@H]3O)ccc2Cl)cc1. The zero-order valence-electron chi connectivity index (χ0n) is 20.7. The van der Waals surface area contributed by atoms with E-state index >= 15 is 0 Å². The van der Waals surface area contributed by atoms with E-state index in [9.17, 15) is 15.3 Å². The fraction of sp³-hybridized carbons (Fsp3) is 0.519. The number of hydrogen-bond acceptors (Lipinski definition) is 7. The summed E-state index contributed by atoms with van der Waals surface area (Å²) >= 11 is 6.46. The molecular formula is C27H36ClNO6. The first-order chi connectivity index (χ1) is 16.6.